The number of nitrogens with zero attached hydrogens (tertiary/aromatic N) is 1. The fourth-order valence-corrected chi connectivity index (χ4v) is 1.25. The molecule has 0 aromatic heterocycles. The molecule has 1 aliphatic rings. The number of likely N-dealkylation sites (N-methyl/N-ethyl adjacent to an activating group) is 1. The highest BCUT2D eigenvalue weighted by molar-refractivity contribution is 5.79. The summed E-state index contributed by atoms with van der Waals surface area (Å²) in [6.07, 6.45) is 0.497. The molecule has 0 unspecified atom stereocenters. The first-order valence-electron chi connectivity index (χ1n) is 4.08. The Kier molecular flexibility index (Phi) is 3.05. The first-order valence-corrected chi connectivity index (χ1v) is 4.08. The molecule has 70 valence electrons. The van der Waals surface area contributed by atoms with Gasteiger partial charge in [-0.25, -0.2) is 5.06 Å². The Hall–Kier alpha value is -0.610. The molecular formula is C8H15NO3. The van der Waals surface area contributed by atoms with Gasteiger partial charge in [0, 0.05) is 7.05 Å². The molecule has 0 spiro atoms. The molecule has 0 bridgehead atoms. The summed E-state index contributed by atoms with van der Waals surface area (Å²) in [6, 6.07) is 0. The van der Waals surface area contributed by atoms with Crippen molar-refractivity contribution in [1.82, 2.24) is 5.06 Å². The second kappa shape index (κ2) is 3.87. The van der Waals surface area contributed by atoms with Crippen molar-refractivity contribution in [2.24, 2.45) is 5.92 Å². The molecular weight excluding hydrogens is 158 g/mol. The molecule has 0 aromatic carbocycles. The number of carbonyl (C=O) groups is 1. The predicted molar refractivity (Wildman–Crippen MR) is 43.3 cm³/mol. The highest BCUT2D eigenvalue weighted by Crippen LogP contribution is 2.19. The first-order chi connectivity index (χ1) is 5.65. The van der Waals surface area contributed by atoms with Gasteiger partial charge in [0.25, 0.3) is 5.91 Å². The minimum atomic E-state index is -0.301. The predicted octanol–water partition coefficient (Wildman–Crippen LogP) is 0.431. The SMILES string of the molecule is CON(C)C(=O)[C@H]1C[C@@H](C)CO1. The van der Waals surface area contributed by atoms with Crippen molar-refractivity contribution >= 4 is 5.91 Å². The Morgan fingerprint density at radius 1 is 1.67 bits per heavy atom. The normalized spacial score (nSPS) is 28.9. The van der Waals surface area contributed by atoms with Crippen molar-refractivity contribution in [3.8, 4) is 0 Å². The third-order valence-electron chi connectivity index (χ3n) is 2.06. The van der Waals surface area contributed by atoms with Gasteiger partial charge in [-0.1, -0.05) is 6.92 Å². The number of ether oxygens (including phenoxy) is 1. The molecule has 1 saturated heterocycles. The van der Waals surface area contributed by atoms with Crippen LogP contribution in [0.3, 0.4) is 0 Å². The van der Waals surface area contributed by atoms with E-state index in [1.165, 1.54) is 12.2 Å². The third-order valence-corrected chi connectivity index (χ3v) is 2.06. The minimum absolute atomic E-state index is 0.0955. The topological polar surface area (TPSA) is 38.8 Å². The largest absolute Gasteiger partial charge is 0.368 e. The van der Waals surface area contributed by atoms with Crippen LogP contribution in [0.2, 0.25) is 0 Å². The van der Waals surface area contributed by atoms with Crippen molar-refractivity contribution in [2.75, 3.05) is 20.8 Å². The lowest BCUT2D eigenvalue weighted by molar-refractivity contribution is -0.178. The van der Waals surface area contributed by atoms with Crippen LogP contribution < -0.4 is 0 Å². The molecule has 1 rings (SSSR count). The molecule has 4 nitrogen and oxygen atoms in total. The zero-order valence-electron chi connectivity index (χ0n) is 7.74. The Bertz CT molecular complexity index is 172. The smallest absolute Gasteiger partial charge is 0.274 e. The van der Waals surface area contributed by atoms with E-state index in [1.807, 2.05) is 0 Å². The van der Waals surface area contributed by atoms with E-state index in [0.29, 0.717) is 12.5 Å². The van der Waals surface area contributed by atoms with Crippen molar-refractivity contribution in [3.63, 3.8) is 0 Å². The molecule has 0 saturated carbocycles. The second-order valence-electron chi connectivity index (χ2n) is 3.18. The van der Waals surface area contributed by atoms with Crippen LogP contribution in [0.4, 0.5) is 0 Å². The summed E-state index contributed by atoms with van der Waals surface area (Å²) < 4.78 is 5.28. The lowest BCUT2D eigenvalue weighted by atomic mass is 10.1. The zero-order valence-corrected chi connectivity index (χ0v) is 7.74. The third kappa shape index (κ3) is 1.95. The fourth-order valence-electron chi connectivity index (χ4n) is 1.25. The molecule has 12 heavy (non-hydrogen) atoms. The van der Waals surface area contributed by atoms with Crippen LogP contribution in [-0.2, 0) is 14.4 Å². The van der Waals surface area contributed by atoms with Crippen LogP contribution in [0.25, 0.3) is 0 Å². The van der Waals surface area contributed by atoms with Gasteiger partial charge in [-0.2, -0.15) is 0 Å². The van der Waals surface area contributed by atoms with E-state index in [2.05, 4.69) is 6.92 Å². The van der Waals surface area contributed by atoms with E-state index in [0.717, 1.165) is 6.42 Å². The monoisotopic (exact) mass is 173 g/mol. The van der Waals surface area contributed by atoms with Crippen LogP contribution in [0, 0.1) is 5.92 Å². The Balaban J connectivity index is 2.43. The Morgan fingerprint density at radius 2 is 2.33 bits per heavy atom. The number of hydroxylamine groups is 2. The maximum absolute atomic E-state index is 11.4. The lowest BCUT2D eigenvalue weighted by Crippen LogP contribution is -2.35. The summed E-state index contributed by atoms with van der Waals surface area (Å²) in [7, 11) is 3.06. The number of hydrogen-bond acceptors (Lipinski definition) is 3. The molecule has 0 radical (unpaired) electrons. The molecule has 0 N–H and O–H groups in total. The highest BCUT2D eigenvalue weighted by Gasteiger charge is 2.30. The number of hydrogen-bond donors (Lipinski definition) is 0. The number of amides is 1. The minimum Gasteiger partial charge on any atom is -0.368 e. The summed E-state index contributed by atoms with van der Waals surface area (Å²) in [4.78, 5) is 16.2. The van der Waals surface area contributed by atoms with Crippen molar-refractivity contribution in [3.05, 3.63) is 0 Å². The number of rotatable bonds is 2. The van der Waals surface area contributed by atoms with Crippen molar-refractivity contribution < 1.29 is 14.4 Å². The van der Waals surface area contributed by atoms with E-state index in [9.17, 15) is 4.79 Å². The van der Waals surface area contributed by atoms with Crippen LogP contribution in [0.1, 0.15) is 13.3 Å². The average Bonchev–Trinajstić information content (AvgIpc) is 2.49. The van der Waals surface area contributed by atoms with E-state index in [4.69, 9.17) is 9.57 Å². The van der Waals surface area contributed by atoms with Crippen molar-refractivity contribution in [2.45, 2.75) is 19.4 Å². The average molecular weight is 173 g/mol. The summed E-state index contributed by atoms with van der Waals surface area (Å²) in [6.45, 7) is 2.74. The maximum Gasteiger partial charge on any atom is 0.274 e. The van der Waals surface area contributed by atoms with Gasteiger partial charge < -0.3 is 4.74 Å². The molecule has 1 aliphatic heterocycles. The fraction of sp³-hybridized carbons (Fsp3) is 0.875. The van der Waals surface area contributed by atoms with Crippen LogP contribution in [0.15, 0.2) is 0 Å². The summed E-state index contributed by atoms with van der Waals surface area (Å²) in [5.74, 6) is 0.381. The van der Waals surface area contributed by atoms with Gasteiger partial charge in [0.15, 0.2) is 0 Å². The second-order valence-corrected chi connectivity index (χ2v) is 3.18. The standard InChI is InChI=1S/C8H15NO3/c1-6-4-7(12-5-6)8(10)9(2)11-3/h6-7H,4-5H2,1-3H3/t6-,7-/m1/s1. The van der Waals surface area contributed by atoms with E-state index >= 15 is 0 Å². The van der Waals surface area contributed by atoms with Gasteiger partial charge in [-0.15, -0.1) is 0 Å². The van der Waals surface area contributed by atoms with E-state index in [-0.39, 0.29) is 12.0 Å². The van der Waals surface area contributed by atoms with Gasteiger partial charge in [-0.05, 0) is 12.3 Å². The lowest BCUT2D eigenvalue weighted by Gasteiger charge is -2.17. The molecule has 1 fully saturated rings. The Morgan fingerprint density at radius 3 is 2.75 bits per heavy atom. The van der Waals surface area contributed by atoms with Crippen molar-refractivity contribution in [1.29, 1.82) is 0 Å². The van der Waals surface area contributed by atoms with Gasteiger partial charge in [0.1, 0.15) is 6.10 Å². The zero-order chi connectivity index (χ0) is 9.14. The quantitative estimate of drug-likeness (QED) is 0.568. The first kappa shape index (κ1) is 9.48. The van der Waals surface area contributed by atoms with E-state index in [1.54, 1.807) is 7.05 Å². The molecule has 0 aliphatic carbocycles. The summed E-state index contributed by atoms with van der Waals surface area (Å²) >= 11 is 0. The molecule has 1 heterocycles. The van der Waals surface area contributed by atoms with Gasteiger partial charge >= 0.3 is 0 Å². The van der Waals surface area contributed by atoms with Gasteiger partial charge in [0.2, 0.25) is 0 Å². The van der Waals surface area contributed by atoms with Crippen LogP contribution in [-0.4, -0.2) is 37.8 Å². The van der Waals surface area contributed by atoms with Crippen LogP contribution in [0.5, 0.6) is 0 Å². The molecule has 4 heteroatoms. The molecule has 1 amide bonds. The summed E-state index contributed by atoms with van der Waals surface area (Å²) in [5, 5.41) is 1.21. The maximum atomic E-state index is 11.4. The summed E-state index contributed by atoms with van der Waals surface area (Å²) in [5.41, 5.74) is 0. The molecule has 2 atom stereocenters. The van der Waals surface area contributed by atoms with Gasteiger partial charge in [-0.3, -0.25) is 9.63 Å². The Labute approximate surface area is 72.4 Å². The van der Waals surface area contributed by atoms with Crippen LogP contribution >= 0.6 is 0 Å². The van der Waals surface area contributed by atoms with E-state index < -0.39 is 0 Å². The highest BCUT2D eigenvalue weighted by atomic mass is 16.7. The number of carbonyl (C=O) groups excluding carboxylic acids is 1. The van der Waals surface area contributed by atoms with Gasteiger partial charge in [0.05, 0.1) is 13.7 Å². The molecule has 0 aromatic rings.